The number of hydrogen-bond acceptors (Lipinski definition) is 3. The van der Waals surface area contributed by atoms with Gasteiger partial charge in [-0.25, -0.2) is 4.79 Å². The van der Waals surface area contributed by atoms with Gasteiger partial charge in [0.05, 0.1) is 6.26 Å². The Morgan fingerprint density at radius 2 is 2.21 bits per heavy atom. The van der Waals surface area contributed by atoms with Crippen molar-refractivity contribution in [3.05, 3.63) is 23.7 Å². The second-order valence-corrected chi connectivity index (χ2v) is 3.56. The molecule has 1 N–H and O–H groups in total. The Morgan fingerprint density at radius 3 is 2.86 bits per heavy atom. The van der Waals surface area contributed by atoms with Gasteiger partial charge in [-0.15, -0.1) is 0 Å². The Labute approximate surface area is 82.1 Å². The van der Waals surface area contributed by atoms with Gasteiger partial charge in [0.2, 0.25) is 5.76 Å². The van der Waals surface area contributed by atoms with Crippen LogP contribution in [0.3, 0.4) is 0 Å². The molecular formula is C10H13NO3. The molecule has 1 aliphatic heterocycles. The highest BCUT2D eigenvalue weighted by atomic mass is 16.4. The van der Waals surface area contributed by atoms with Gasteiger partial charge in [-0.2, -0.15) is 0 Å². The number of rotatable bonds is 3. The monoisotopic (exact) mass is 195 g/mol. The number of nitrogens with zero attached hydrogens (tertiary/aromatic N) is 1. The Kier molecular flexibility index (Phi) is 2.54. The van der Waals surface area contributed by atoms with E-state index in [9.17, 15) is 4.79 Å². The number of carboxylic acid groups (broad SMARTS) is 1. The minimum atomic E-state index is -0.982. The first kappa shape index (κ1) is 9.27. The summed E-state index contributed by atoms with van der Waals surface area (Å²) < 4.78 is 4.91. The number of hydrogen-bond donors (Lipinski definition) is 1. The van der Waals surface area contributed by atoms with E-state index in [1.807, 2.05) is 0 Å². The summed E-state index contributed by atoms with van der Waals surface area (Å²) in [6, 6.07) is 1.74. The highest BCUT2D eigenvalue weighted by Gasteiger charge is 2.18. The first-order chi connectivity index (χ1) is 6.77. The molecule has 4 heteroatoms. The van der Waals surface area contributed by atoms with Gasteiger partial charge in [0, 0.05) is 12.1 Å². The van der Waals surface area contributed by atoms with E-state index in [2.05, 4.69) is 4.90 Å². The zero-order valence-electron chi connectivity index (χ0n) is 7.90. The molecule has 0 amide bonds. The molecule has 0 saturated carbocycles. The second kappa shape index (κ2) is 3.84. The Morgan fingerprint density at radius 1 is 1.50 bits per heavy atom. The summed E-state index contributed by atoms with van der Waals surface area (Å²) in [6.07, 6.45) is 3.86. The van der Waals surface area contributed by atoms with Crippen LogP contribution in [-0.4, -0.2) is 29.1 Å². The van der Waals surface area contributed by atoms with Crippen LogP contribution in [0.5, 0.6) is 0 Å². The van der Waals surface area contributed by atoms with E-state index in [1.165, 1.54) is 19.1 Å². The van der Waals surface area contributed by atoms with E-state index in [0.717, 1.165) is 18.7 Å². The van der Waals surface area contributed by atoms with Gasteiger partial charge in [0.15, 0.2) is 0 Å². The minimum Gasteiger partial charge on any atom is -0.475 e. The van der Waals surface area contributed by atoms with E-state index in [1.54, 1.807) is 6.07 Å². The van der Waals surface area contributed by atoms with E-state index in [4.69, 9.17) is 9.52 Å². The van der Waals surface area contributed by atoms with E-state index >= 15 is 0 Å². The summed E-state index contributed by atoms with van der Waals surface area (Å²) in [5.74, 6) is -0.902. The molecule has 76 valence electrons. The van der Waals surface area contributed by atoms with Crippen molar-refractivity contribution in [2.45, 2.75) is 19.4 Å². The number of carboxylic acids is 1. The number of furan rings is 1. The largest absolute Gasteiger partial charge is 0.475 e. The zero-order chi connectivity index (χ0) is 9.97. The molecular weight excluding hydrogens is 182 g/mol. The van der Waals surface area contributed by atoms with Gasteiger partial charge >= 0.3 is 5.97 Å². The van der Waals surface area contributed by atoms with Crippen LogP contribution in [0.4, 0.5) is 0 Å². The lowest BCUT2D eigenvalue weighted by Gasteiger charge is -2.12. The zero-order valence-corrected chi connectivity index (χ0v) is 7.90. The first-order valence-electron chi connectivity index (χ1n) is 4.79. The summed E-state index contributed by atoms with van der Waals surface area (Å²) >= 11 is 0. The minimum absolute atomic E-state index is 0.0805. The lowest BCUT2D eigenvalue weighted by Crippen LogP contribution is -2.19. The third-order valence-electron chi connectivity index (χ3n) is 2.53. The summed E-state index contributed by atoms with van der Waals surface area (Å²) in [6.45, 7) is 2.81. The molecule has 0 bridgehead atoms. The van der Waals surface area contributed by atoms with Crippen LogP contribution in [0.1, 0.15) is 29.0 Å². The van der Waals surface area contributed by atoms with E-state index in [-0.39, 0.29) is 5.76 Å². The molecule has 0 unspecified atom stereocenters. The van der Waals surface area contributed by atoms with Crippen LogP contribution >= 0.6 is 0 Å². The molecule has 1 aliphatic rings. The SMILES string of the molecule is O=C(O)c1occc1CN1CCCC1. The van der Waals surface area contributed by atoms with Crippen LogP contribution in [0, 0.1) is 0 Å². The number of likely N-dealkylation sites (tertiary alicyclic amines) is 1. The molecule has 1 saturated heterocycles. The average molecular weight is 195 g/mol. The Balaban J connectivity index is 2.07. The fraction of sp³-hybridized carbons (Fsp3) is 0.500. The molecule has 0 spiro atoms. The molecule has 14 heavy (non-hydrogen) atoms. The fourth-order valence-electron chi connectivity index (χ4n) is 1.83. The Bertz CT molecular complexity index is 326. The molecule has 1 aromatic heterocycles. The molecule has 0 aliphatic carbocycles. The van der Waals surface area contributed by atoms with Crippen molar-refractivity contribution in [1.82, 2.24) is 4.90 Å². The summed E-state index contributed by atoms with van der Waals surface area (Å²) in [5, 5.41) is 8.82. The second-order valence-electron chi connectivity index (χ2n) is 3.56. The predicted octanol–water partition coefficient (Wildman–Crippen LogP) is 1.57. The maximum absolute atomic E-state index is 10.7. The van der Waals surface area contributed by atoms with Crippen molar-refractivity contribution in [3.63, 3.8) is 0 Å². The summed E-state index contributed by atoms with van der Waals surface area (Å²) in [7, 11) is 0. The van der Waals surface area contributed by atoms with Crippen molar-refractivity contribution in [2.75, 3.05) is 13.1 Å². The van der Waals surface area contributed by atoms with Gasteiger partial charge in [-0.3, -0.25) is 4.90 Å². The highest BCUT2D eigenvalue weighted by Crippen LogP contribution is 2.16. The third kappa shape index (κ3) is 1.80. The van der Waals surface area contributed by atoms with E-state index in [0.29, 0.717) is 6.54 Å². The van der Waals surface area contributed by atoms with Crippen molar-refractivity contribution in [3.8, 4) is 0 Å². The first-order valence-corrected chi connectivity index (χ1v) is 4.79. The summed E-state index contributed by atoms with van der Waals surface area (Å²) in [5.41, 5.74) is 0.777. The maximum atomic E-state index is 10.7. The topological polar surface area (TPSA) is 53.7 Å². The maximum Gasteiger partial charge on any atom is 0.372 e. The van der Waals surface area contributed by atoms with Crippen LogP contribution in [-0.2, 0) is 6.54 Å². The normalized spacial score (nSPS) is 17.4. The highest BCUT2D eigenvalue weighted by molar-refractivity contribution is 5.86. The van der Waals surface area contributed by atoms with Gasteiger partial charge in [0.1, 0.15) is 0 Å². The van der Waals surface area contributed by atoms with Gasteiger partial charge in [-0.05, 0) is 32.0 Å². The van der Waals surface area contributed by atoms with Gasteiger partial charge in [0.25, 0.3) is 0 Å². The quantitative estimate of drug-likeness (QED) is 0.795. The standard InChI is InChI=1S/C10H13NO3/c12-10(13)9-8(3-6-14-9)7-11-4-1-2-5-11/h3,6H,1-2,4-5,7H2,(H,12,13). The van der Waals surface area contributed by atoms with Crippen LogP contribution in [0.2, 0.25) is 0 Å². The lowest BCUT2D eigenvalue weighted by atomic mass is 10.2. The molecule has 2 heterocycles. The molecule has 0 atom stereocenters. The van der Waals surface area contributed by atoms with Crippen LogP contribution in [0.25, 0.3) is 0 Å². The molecule has 4 nitrogen and oxygen atoms in total. The predicted molar refractivity (Wildman–Crippen MR) is 50.2 cm³/mol. The number of carbonyl (C=O) groups is 1. The molecule has 1 fully saturated rings. The van der Waals surface area contributed by atoms with Crippen LogP contribution in [0.15, 0.2) is 16.7 Å². The lowest BCUT2D eigenvalue weighted by molar-refractivity contribution is 0.0659. The van der Waals surface area contributed by atoms with Gasteiger partial charge < -0.3 is 9.52 Å². The van der Waals surface area contributed by atoms with E-state index < -0.39 is 5.97 Å². The molecule has 0 radical (unpaired) electrons. The van der Waals surface area contributed by atoms with Crippen molar-refractivity contribution in [1.29, 1.82) is 0 Å². The van der Waals surface area contributed by atoms with Crippen molar-refractivity contribution in [2.24, 2.45) is 0 Å². The molecule has 2 rings (SSSR count). The third-order valence-corrected chi connectivity index (χ3v) is 2.53. The van der Waals surface area contributed by atoms with Gasteiger partial charge in [-0.1, -0.05) is 0 Å². The Hall–Kier alpha value is -1.29. The average Bonchev–Trinajstić information content (AvgIpc) is 2.75. The van der Waals surface area contributed by atoms with Crippen molar-refractivity contribution < 1.29 is 14.3 Å². The number of aromatic carboxylic acids is 1. The smallest absolute Gasteiger partial charge is 0.372 e. The van der Waals surface area contributed by atoms with Crippen LogP contribution < -0.4 is 0 Å². The molecule has 0 aromatic carbocycles. The summed E-state index contributed by atoms with van der Waals surface area (Å²) in [4.78, 5) is 13.0. The fourth-order valence-corrected chi connectivity index (χ4v) is 1.83. The molecule has 1 aromatic rings. The van der Waals surface area contributed by atoms with Crippen molar-refractivity contribution >= 4 is 5.97 Å².